The number of nitrogens with one attached hydrogen (secondary N) is 2. The van der Waals surface area contributed by atoms with Gasteiger partial charge in [-0.25, -0.2) is 9.37 Å². The fourth-order valence-corrected chi connectivity index (χ4v) is 4.11. The third-order valence-electron chi connectivity index (χ3n) is 5.66. The lowest BCUT2D eigenvalue weighted by atomic mass is 9.78. The molecule has 4 nitrogen and oxygen atoms in total. The van der Waals surface area contributed by atoms with Crippen molar-refractivity contribution >= 4 is 5.91 Å². The molecule has 1 aromatic heterocycles. The van der Waals surface area contributed by atoms with Crippen LogP contribution in [-0.2, 0) is 10.2 Å². The van der Waals surface area contributed by atoms with Gasteiger partial charge in [-0.3, -0.25) is 4.79 Å². The molecule has 0 spiro atoms. The third-order valence-corrected chi connectivity index (χ3v) is 5.66. The minimum Gasteiger partial charge on any atom is -0.355 e. The number of H-pyrrole nitrogens is 1. The van der Waals surface area contributed by atoms with E-state index in [0.29, 0.717) is 6.54 Å². The molecule has 0 unspecified atom stereocenters. The zero-order valence-electron chi connectivity index (χ0n) is 13.6. The molecule has 2 fully saturated rings. The Balaban J connectivity index is 1.41. The van der Waals surface area contributed by atoms with Crippen molar-refractivity contribution in [2.24, 2.45) is 5.92 Å². The average molecular weight is 327 g/mol. The highest BCUT2D eigenvalue weighted by Gasteiger charge is 2.45. The first-order valence-electron chi connectivity index (χ1n) is 8.70. The summed E-state index contributed by atoms with van der Waals surface area (Å²) in [6, 6.07) is 6.79. The number of aromatic nitrogens is 2. The summed E-state index contributed by atoms with van der Waals surface area (Å²) in [7, 11) is 0. The summed E-state index contributed by atoms with van der Waals surface area (Å²) >= 11 is 0. The van der Waals surface area contributed by atoms with Crippen molar-refractivity contribution in [2.45, 2.75) is 43.4 Å². The fourth-order valence-electron chi connectivity index (χ4n) is 4.11. The molecule has 0 saturated heterocycles. The van der Waals surface area contributed by atoms with Crippen LogP contribution < -0.4 is 5.32 Å². The van der Waals surface area contributed by atoms with Gasteiger partial charge in [0.05, 0.1) is 6.33 Å². The van der Waals surface area contributed by atoms with Gasteiger partial charge in [0.25, 0.3) is 0 Å². The van der Waals surface area contributed by atoms with E-state index in [4.69, 9.17) is 0 Å². The molecule has 126 valence electrons. The molecule has 2 saturated carbocycles. The highest BCUT2D eigenvalue weighted by atomic mass is 19.1. The van der Waals surface area contributed by atoms with E-state index in [1.807, 2.05) is 12.1 Å². The molecule has 24 heavy (non-hydrogen) atoms. The molecular formula is C19H22FN3O. The average Bonchev–Trinajstić information content (AvgIpc) is 3.02. The Morgan fingerprint density at radius 2 is 2.04 bits per heavy atom. The van der Waals surface area contributed by atoms with E-state index in [1.54, 1.807) is 12.5 Å². The van der Waals surface area contributed by atoms with Crippen LogP contribution in [0.25, 0.3) is 0 Å². The number of nitrogens with zero attached hydrogens (tertiary/aromatic N) is 1. The van der Waals surface area contributed by atoms with Crippen molar-refractivity contribution in [2.75, 3.05) is 6.54 Å². The predicted octanol–water partition coefficient (Wildman–Crippen LogP) is 3.28. The van der Waals surface area contributed by atoms with Gasteiger partial charge in [-0.05, 0) is 37.0 Å². The van der Waals surface area contributed by atoms with Crippen LogP contribution >= 0.6 is 0 Å². The zero-order chi connectivity index (χ0) is 16.6. The van der Waals surface area contributed by atoms with Gasteiger partial charge in [-0.1, -0.05) is 25.0 Å². The number of carbonyl (C=O) groups excluding carboxylic acids is 1. The summed E-state index contributed by atoms with van der Waals surface area (Å²) in [6.45, 7) is 0.643. The Hall–Kier alpha value is -2.17. The van der Waals surface area contributed by atoms with Crippen LogP contribution in [0.4, 0.5) is 4.39 Å². The van der Waals surface area contributed by atoms with Gasteiger partial charge in [0.1, 0.15) is 5.82 Å². The summed E-state index contributed by atoms with van der Waals surface area (Å²) < 4.78 is 13.2. The second-order valence-electron chi connectivity index (χ2n) is 7.17. The summed E-state index contributed by atoms with van der Waals surface area (Å²) in [4.78, 5) is 19.6. The van der Waals surface area contributed by atoms with Crippen molar-refractivity contribution < 1.29 is 9.18 Å². The van der Waals surface area contributed by atoms with E-state index in [0.717, 1.165) is 43.4 Å². The van der Waals surface area contributed by atoms with Crippen molar-refractivity contribution in [1.29, 1.82) is 0 Å². The Bertz CT molecular complexity index is 705. The molecule has 5 heteroatoms. The number of rotatable bonds is 5. The summed E-state index contributed by atoms with van der Waals surface area (Å²) in [5, 5.41) is 3.17. The number of imidazole rings is 1. The Morgan fingerprint density at radius 3 is 2.71 bits per heavy atom. The molecule has 2 atom stereocenters. The highest BCUT2D eigenvalue weighted by molar-refractivity contribution is 5.82. The molecule has 1 amide bonds. The smallest absolute Gasteiger partial charge is 0.223 e. The largest absolute Gasteiger partial charge is 0.355 e. The van der Waals surface area contributed by atoms with Gasteiger partial charge in [0.15, 0.2) is 0 Å². The quantitative estimate of drug-likeness (QED) is 0.885. The normalized spacial score (nSPS) is 24.7. The first-order chi connectivity index (χ1) is 11.7. The first-order valence-corrected chi connectivity index (χ1v) is 8.70. The minimum absolute atomic E-state index is 0.0399. The van der Waals surface area contributed by atoms with Crippen LogP contribution in [-0.4, -0.2) is 22.4 Å². The molecule has 2 aliphatic carbocycles. The SMILES string of the molecule is O=C(NCC1(c2ccc(F)cc2)CCCC1)[C@@H]1C[C@H]1c1cnc[nH]1. The van der Waals surface area contributed by atoms with Crippen molar-refractivity contribution in [3.63, 3.8) is 0 Å². The number of aromatic amines is 1. The maximum absolute atomic E-state index is 13.2. The van der Waals surface area contributed by atoms with E-state index in [1.165, 1.54) is 12.1 Å². The van der Waals surface area contributed by atoms with Crippen molar-refractivity contribution in [1.82, 2.24) is 15.3 Å². The van der Waals surface area contributed by atoms with Gasteiger partial charge in [0.2, 0.25) is 5.91 Å². The summed E-state index contributed by atoms with van der Waals surface area (Å²) in [5.74, 6) is 0.245. The number of hydrogen-bond donors (Lipinski definition) is 2. The summed E-state index contributed by atoms with van der Waals surface area (Å²) in [6.07, 6.45) is 8.76. The third kappa shape index (κ3) is 2.83. The molecule has 2 aromatic rings. The van der Waals surface area contributed by atoms with Crippen LogP contribution in [0.1, 0.15) is 49.3 Å². The van der Waals surface area contributed by atoms with Crippen LogP contribution in [0.5, 0.6) is 0 Å². The maximum atomic E-state index is 13.2. The Kier molecular flexibility index (Phi) is 3.87. The first kappa shape index (κ1) is 15.4. The fraction of sp³-hybridized carbons (Fsp3) is 0.474. The Labute approximate surface area is 140 Å². The standard InChI is InChI=1S/C19H22FN3O/c20-14-5-3-13(4-6-14)19(7-1-2-8-19)11-22-18(24)16-9-15(16)17-10-21-12-23-17/h3-6,10,12,15-16H,1-2,7-9,11H2,(H,21,23)(H,22,24)/t15-,16-/m1/s1. The molecule has 2 aliphatic rings. The lowest BCUT2D eigenvalue weighted by Gasteiger charge is -2.30. The van der Waals surface area contributed by atoms with Crippen LogP contribution in [0.3, 0.4) is 0 Å². The Morgan fingerprint density at radius 1 is 1.29 bits per heavy atom. The molecule has 1 aromatic carbocycles. The summed E-state index contributed by atoms with van der Waals surface area (Å²) in [5.41, 5.74) is 2.15. The molecular weight excluding hydrogens is 305 g/mol. The zero-order valence-corrected chi connectivity index (χ0v) is 13.6. The number of carbonyl (C=O) groups is 1. The van der Waals surface area contributed by atoms with E-state index in [-0.39, 0.29) is 29.0 Å². The predicted molar refractivity (Wildman–Crippen MR) is 89.0 cm³/mol. The van der Waals surface area contributed by atoms with Gasteiger partial charge in [-0.2, -0.15) is 0 Å². The molecule has 0 radical (unpaired) electrons. The van der Waals surface area contributed by atoms with E-state index < -0.39 is 0 Å². The number of benzene rings is 1. The number of amides is 1. The van der Waals surface area contributed by atoms with Crippen LogP contribution in [0, 0.1) is 11.7 Å². The molecule has 0 aliphatic heterocycles. The van der Waals surface area contributed by atoms with Crippen LogP contribution in [0.2, 0.25) is 0 Å². The van der Waals surface area contributed by atoms with Gasteiger partial charge in [-0.15, -0.1) is 0 Å². The molecule has 2 N–H and O–H groups in total. The van der Waals surface area contributed by atoms with Gasteiger partial charge >= 0.3 is 0 Å². The minimum atomic E-state index is -0.212. The van der Waals surface area contributed by atoms with Gasteiger partial charge in [0, 0.05) is 35.7 Å². The number of hydrogen-bond acceptors (Lipinski definition) is 2. The van der Waals surface area contributed by atoms with Crippen molar-refractivity contribution in [3.05, 3.63) is 53.9 Å². The van der Waals surface area contributed by atoms with E-state index in [2.05, 4.69) is 15.3 Å². The second-order valence-corrected chi connectivity index (χ2v) is 7.17. The highest BCUT2D eigenvalue weighted by Crippen LogP contribution is 2.47. The van der Waals surface area contributed by atoms with Crippen LogP contribution in [0.15, 0.2) is 36.8 Å². The lowest BCUT2D eigenvalue weighted by Crippen LogP contribution is -2.39. The maximum Gasteiger partial charge on any atom is 0.223 e. The topological polar surface area (TPSA) is 57.8 Å². The van der Waals surface area contributed by atoms with Gasteiger partial charge < -0.3 is 10.3 Å². The monoisotopic (exact) mass is 327 g/mol. The molecule has 0 bridgehead atoms. The lowest BCUT2D eigenvalue weighted by molar-refractivity contribution is -0.122. The molecule has 1 heterocycles. The number of halogens is 1. The molecule has 4 rings (SSSR count). The second kappa shape index (κ2) is 6.04. The van der Waals surface area contributed by atoms with E-state index in [9.17, 15) is 9.18 Å². The van der Waals surface area contributed by atoms with E-state index >= 15 is 0 Å². The van der Waals surface area contributed by atoms with Crippen molar-refractivity contribution in [3.8, 4) is 0 Å².